The predicted molar refractivity (Wildman–Crippen MR) is 35.2 cm³/mol. The van der Waals surface area contributed by atoms with Gasteiger partial charge in [0.1, 0.15) is 0 Å². The van der Waals surface area contributed by atoms with Gasteiger partial charge in [-0.3, -0.25) is 0 Å². The number of fused-ring (bicyclic) bond motifs is 3. The van der Waals surface area contributed by atoms with E-state index in [1.165, 1.54) is 0 Å². The molecule has 3 nitrogen and oxygen atoms in total. The molecule has 0 aromatic rings. The van der Waals surface area contributed by atoms with Crippen LogP contribution in [-0.2, 0) is 13.3 Å². The van der Waals surface area contributed by atoms with Gasteiger partial charge in [-0.15, -0.1) is 0 Å². The van der Waals surface area contributed by atoms with Crippen LogP contribution in [0.15, 0.2) is 0 Å². The highest BCUT2D eigenvalue weighted by atomic mass is 35.6. The van der Waals surface area contributed by atoms with E-state index in [0.29, 0.717) is 6.71 Å². The first-order chi connectivity index (χ1) is 4.29. The molecule has 3 saturated heterocycles. The van der Waals surface area contributed by atoms with E-state index >= 15 is 0 Å². The Kier molecular flexibility index (Phi) is 1.35. The average Bonchev–Trinajstić information content (AvgIpc) is 1.90. The Morgan fingerprint density at radius 1 is 1.11 bits per heavy atom. The van der Waals surface area contributed by atoms with Gasteiger partial charge in [0.15, 0.2) is 0 Å². The van der Waals surface area contributed by atoms with Crippen LogP contribution in [0.25, 0.3) is 0 Å². The average molecular weight is 164 g/mol. The molecular formula is C3H6BClO3Si. The SMILES string of the molecule is Cl[Si]12OCB(CO1)CO2. The smallest absolute Gasteiger partial charge is 0.370 e. The van der Waals surface area contributed by atoms with E-state index in [4.69, 9.17) is 24.4 Å². The lowest BCUT2D eigenvalue weighted by Crippen LogP contribution is -2.60. The van der Waals surface area contributed by atoms with E-state index < -0.39 is 8.11 Å². The molecule has 0 N–H and O–H groups in total. The lowest BCUT2D eigenvalue weighted by molar-refractivity contribution is 0.0762. The van der Waals surface area contributed by atoms with Crippen molar-refractivity contribution < 1.29 is 13.3 Å². The zero-order valence-corrected chi connectivity index (χ0v) is 6.56. The van der Waals surface area contributed by atoms with Crippen LogP contribution in [0, 0.1) is 0 Å². The second-order valence-corrected chi connectivity index (χ2v) is 5.50. The topological polar surface area (TPSA) is 27.7 Å². The lowest BCUT2D eigenvalue weighted by atomic mass is 9.52. The molecule has 3 heterocycles. The molecule has 50 valence electrons. The zero-order valence-electron chi connectivity index (χ0n) is 4.80. The van der Waals surface area contributed by atoms with Crippen LogP contribution < -0.4 is 0 Å². The van der Waals surface area contributed by atoms with Crippen molar-refractivity contribution in [3.63, 3.8) is 0 Å². The Bertz CT molecular complexity index is 112. The van der Waals surface area contributed by atoms with Gasteiger partial charge >= 0.3 is 8.11 Å². The third kappa shape index (κ3) is 1.03. The molecule has 0 aromatic heterocycles. The van der Waals surface area contributed by atoms with Crippen molar-refractivity contribution in [1.29, 1.82) is 0 Å². The summed E-state index contributed by atoms with van der Waals surface area (Å²) >= 11 is 5.77. The Labute approximate surface area is 59.4 Å². The van der Waals surface area contributed by atoms with Crippen molar-refractivity contribution >= 4 is 25.9 Å². The van der Waals surface area contributed by atoms with Crippen LogP contribution in [0.2, 0.25) is 0 Å². The predicted octanol–water partition coefficient (Wildman–Crippen LogP) is -0.150. The van der Waals surface area contributed by atoms with Crippen molar-refractivity contribution in [1.82, 2.24) is 0 Å². The number of rotatable bonds is 0. The van der Waals surface area contributed by atoms with Crippen LogP contribution >= 0.6 is 11.1 Å². The first-order valence-corrected chi connectivity index (χ1v) is 5.63. The van der Waals surface area contributed by atoms with E-state index in [0.717, 1.165) is 19.5 Å². The molecule has 0 atom stereocenters. The summed E-state index contributed by atoms with van der Waals surface area (Å²) in [6.07, 6.45) is 0. The third-order valence-electron chi connectivity index (χ3n) is 1.47. The Balaban J connectivity index is 2.11. The largest absolute Gasteiger partial charge is 0.611 e. The summed E-state index contributed by atoms with van der Waals surface area (Å²) in [6, 6.07) is 0. The summed E-state index contributed by atoms with van der Waals surface area (Å²) in [5.74, 6) is 0. The minimum atomic E-state index is -2.57. The normalized spacial score (nSPS) is 31.0. The highest BCUT2D eigenvalue weighted by molar-refractivity contribution is 7.10. The van der Waals surface area contributed by atoms with Gasteiger partial charge in [0.05, 0.1) is 0 Å². The van der Waals surface area contributed by atoms with Gasteiger partial charge in [0.25, 0.3) is 0 Å². The molecule has 3 rings (SSSR count). The fraction of sp³-hybridized carbons (Fsp3) is 1.00. The Morgan fingerprint density at radius 2 is 1.56 bits per heavy atom. The van der Waals surface area contributed by atoms with E-state index in [9.17, 15) is 0 Å². The van der Waals surface area contributed by atoms with Crippen LogP contribution in [0.3, 0.4) is 0 Å². The highest BCUT2D eigenvalue weighted by Crippen LogP contribution is 2.24. The van der Waals surface area contributed by atoms with Crippen LogP contribution in [-0.4, -0.2) is 34.3 Å². The fourth-order valence-corrected chi connectivity index (χ4v) is 3.04. The maximum absolute atomic E-state index is 5.77. The molecular weight excluding hydrogens is 158 g/mol. The molecule has 0 aromatic carbocycles. The van der Waals surface area contributed by atoms with E-state index in [-0.39, 0.29) is 0 Å². The first-order valence-electron chi connectivity index (χ1n) is 2.89. The van der Waals surface area contributed by atoms with Gasteiger partial charge in [0, 0.05) is 19.5 Å². The van der Waals surface area contributed by atoms with Crippen LogP contribution in [0.5, 0.6) is 0 Å². The second-order valence-electron chi connectivity index (χ2n) is 2.28. The Hall–Kier alpha value is 0.452. The lowest BCUT2D eigenvalue weighted by Gasteiger charge is -2.36. The van der Waals surface area contributed by atoms with E-state index in [1.807, 2.05) is 0 Å². The molecule has 0 spiro atoms. The third-order valence-corrected chi connectivity index (χ3v) is 3.99. The summed E-state index contributed by atoms with van der Waals surface area (Å²) < 4.78 is 15.4. The van der Waals surface area contributed by atoms with Crippen molar-refractivity contribution in [2.24, 2.45) is 0 Å². The maximum Gasteiger partial charge on any atom is 0.611 e. The van der Waals surface area contributed by atoms with Crippen molar-refractivity contribution in [3.8, 4) is 0 Å². The number of hydrogen-bond donors (Lipinski definition) is 0. The molecule has 3 aliphatic heterocycles. The molecule has 9 heavy (non-hydrogen) atoms. The summed E-state index contributed by atoms with van der Waals surface area (Å²) in [5, 5.41) is 0. The van der Waals surface area contributed by atoms with Crippen molar-refractivity contribution in [2.45, 2.75) is 0 Å². The van der Waals surface area contributed by atoms with Gasteiger partial charge in [0.2, 0.25) is 6.71 Å². The summed E-state index contributed by atoms with van der Waals surface area (Å²) in [4.78, 5) is 0. The van der Waals surface area contributed by atoms with Crippen LogP contribution in [0.4, 0.5) is 0 Å². The fourth-order valence-electron chi connectivity index (χ4n) is 0.922. The number of hydrogen-bond acceptors (Lipinski definition) is 3. The minimum Gasteiger partial charge on any atom is -0.370 e. The van der Waals surface area contributed by atoms with Gasteiger partial charge in [-0.05, 0) is 0 Å². The van der Waals surface area contributed by atoms with Crippen LogP contribution in [0.1, 0.15) is 0 Å². The van der Waals surface area contributed by atoms with Crippen molar-refractivity contribution in [2.75, 3.05) is 19.5 Å². The summed E-state index contributed by atoms with van der Waals surface area (Å²) in [7, 11) is -2.57. The first kappa shape index (κ1) is 6.18. The molecule has 0 amide bonds. The van der Waals surface area contributed by atoms with Gasteiger partial charge in [-0.1, -0.05) is 11.1 Å². The molecule has 0 radical (unpaired) electrons. The molecule has 0 unspecified atom stereocenters. The minimum absolute atomic E-state index is 0.415. The van der Waals surface area contributed by atoms with Gasteiger partial charge in [-0.25, -0.2) is 0 Å². The van der Waals surface area contributed by atoms with E-state index in [2.05, 4.69) is 0 Å². The van der Waals surface area contributed by atoms with Gasteiger partial charge in [-0.2, -0.15) is 0 Å². The van der Waals surface area contributed by atoms with Gasteiger partial charge < -0.3 is 13.3 Å². The summed E-state index contributed by atoms with van der Waals surface area (Å²) in [5.41, 5.74) is 0. The quantitative estimate of drug-likeness (QED) is 0.368. The summed E-state index contributed by atoms with van der Waals surface area (Å²) in [6.45, 7) is 2.57. The molecule has 6 heteroatoms. The molecule has 3 aliphatic rings. The Morgan fingerprint density at radius 3 is 1.78 bits per heavy atom. The number of halogens is 1. The van der Waals surface area contributed by atoms with E-state index in [1.54, 1.807) is 0 Å². The molecule has 0 saturated carbocycles. The standard InChI is InChI=1S/C3H6BClO3Si/c5-9-6-1-4(2-7-9)3-8-9/h1-3H2. The molecule has 2 bridgehead atoms. The highest BCUT2D eigenvalue weighted by Gasteiger charge is 2.50. The zero-order chi connectivity index (χ0) is 6.32. The monoisotopic (exact) mass is 164 g/mol. The second kappa shape index (κ2) is 1.97. The maximum atomic E-state index is 5.77. The molecule has 3 fully saturated rings. The molecule has 0 aliphatic carbocycles. The van der Waals surface area contributed by atoms with Crippen molar-refractivity contribution in [3.05, 3.63) is 0 Å².